The molecule has 2 aliphatic rings. The maximum Gasteiger partial charge on any atom is 0.240 e. The Balaban J connectivity index is 0.00000147. The lowest BCUT2D eigenvalue weighted by molar-refractivity contribution is -0.0297. The number of aromatic nitrogens is 2. The second kappa shape index (κ2) is 6.85. The molecule has 2 aliphatic heterocycles. The van der Waals surface area contributed by atoms with Crippen LogP contribution in [0.2, 0.25) is 0 Å². The minimum Gasteiger partial charge on any atom is -0.381 e. The number of nitrogens with two attached hydrogens (primary N) is 1. The lowest BCUT2D eigenvalue weighted by atomic mass is 9.74. The van der Waals surface area contributed by atoms with Crippen molar-refractivity contribution in [3.05, 3.63) is 11.7 Å². The Morgan fingerprint density at radius 3 is 2.75 bits per heavy atom. The molecule has 0 aromatic carbocycles. The highest BCUT2D eigenvalue weighted by molar-refractivity contribution is 5.85. The summed E-state index contributed by atoms with van der Waals surface area (Å²) in [5.74, 6) is 1.28. The van der Waals surface area contributed by atoms with Crippen LogP contribution in [0.1, 0.15) is 37.4 Å². The third kappa shape index (κ3) is 3.49. The topological polar surface area (TPSA) is 77.4 Å². The van der Waals surface area contributed by atoms with Gasteiger partial charge in [0.2, 0.25) is 5.89 Å². The van der Waals surface area contributed by atoms with Gasteiger partial charge in [-0.3, -0.25) is 4.90 Å². The van der Waals surface area contributed by atoms with E-state index in [9.17, 15) is 0 Å². The molecule has 114 valence electrons. The van der Waals surface area contributed by atoms with E-state index < -0.39 is 0 Å². The molecule has 3 heterocycles. The van der Waals surface area contributed by atoms with Crippen LogP contribution in [-0.4, -0.2) is 41.3 Å². The number of nitrogens with zero attached hydrogens (tertiary/aromatic N) is 3. The largest absolute Gasteiger partial charge is 0.381 e. The molecule has 2 saturated heterocycles. The van der Waals surface area contributed by atoms with Crippen LogP contribution in [0, 0.1) is 5.41 Å². The minimum atomic E-state index is 0. The summed E-state index contributed by atoms with van der Waals surface area (Å²) in [6.45, 7) is 5.15. The monoisotopic (exact) mass is 302 g/mol. The van der Waals surface area contributed by atoms with Gasteiger partial charge >= 0.3 is 0 Å². The molecule has 1 spiro atoms. The molecule has 20 heavy (non-hydrogen) atoms. The summed E-state index contributed by atoms with van der Waals surface area (Å²) in [6, 6.07) is 0. The number of likely N-dealkylation sites (tertiary alicyclic amines) is 1. The van der Waals surface area contributed by atoms with Gasteiger partial charge in [0.15, 0.2) is 5.82 Å². The van der Waals surface area contributed by atoms with Gasteiger partial charge in [-0.2, -0.15) is 4.98 Å². The Morgan fingerprint density at radius 2 is 2.05 bits per heavy atom. The highest BCUT2D eigenvalue weighted by atomic mass is 35.5. The number of rotatable bonds is 3. The summed E-state index contributed by atoms with van der Waals surface area (Å²) >= 11 is 0. The SMILES string of the molecule is Cl.NCc1nc(CN2CCCC3(CCOCC3)C2)no1. The second-order valence-electron chi connectivity index (χ2n) is 5.74. The average molecular weight is 303 g/mol. The zero-order valence-corrected chi connectivity index (χ0v) is 12.5. The van der Waals surface area contributed by atoms with Gasteiger partial charge in [-0.15, -0.1) is 12.4 Å². The van der Waals surface area contributed by atoms with Crippen molar-refractivity contribution >= 4 is 12.4 Å². The standard InChI is InChI=1S/C13H22N4O2.ClH/c14-8-12-15-11(16-19-12)9-17-5-1-2-13(10-17)3-6-18-7-4-13;/h1-10,14H2;1H. The first-order chi connectivity index (χ1) is 9.30. The third-order valence-electron chi connectivity index (χ3n) is 4.34. The van der Waals surface area contributed by atoms with E-state index in [4.69, 9.17) is 15.0 Å². The number of ether oxygens (including phenoxy) is 1. The van der Waals surface area contributed by atoms with Gasteiger partial charge < -0.3 is 15.0 Å². The lowest BCUT2D eigenvalue weighted by Crippen LogP contribution is -2.45. The molecular formula is C13H23ClN4O2. The van der Waals surface area contributed by atoms with E-state index in [1.54, 1.807) is 0 Å². The molecule has 2 N–H and O–H groups in total. The number of hydrogen-bond donors (Lipinski definition) is 1. The Morgan fingerprint density at radius 1 is 1.25 bits per heavy atom. The number of piperidine rings is 1. The predicted molar refractivity (Wildman–Crippen MR) is 76.4 cm³/mol. The molecule has 0 saturated carbocycles. The van der Waals surface area contributed by atoms with Crippen molar-refractivity contribution in [1.29, 1.82) is 0 Å². The number of hydrogen-bond acceptors (Lipinski definition) is 6. The smallest absolute Gasteiger partial charge is 0.240 e. The van der Waals surface area contributed by atoms with Crippen LogP contribution < -0.4 is 5.73 Å². The van der Waals surface area contributed by atoms with Gasteiger partial charge in [-0.05, 0) is 37.6 Å². The van der Waals surface area contributed by atoms with E-state index in [0.717, 1.165) is 38.7 Å². The first-order valence-electron chi connectivity index (χ1n) is 7.11. The molecule has 1 aromatic heterocycles. The minimum absolute atomic E-state index is 0. The first-order valence-corrected chi connectivity index (χ1v) is 7.11. The van der Waals surface area contributed by atoms with Gasteiger partial charge in [-0.25, -0.2) is 0 Å². The number of halogens is 1. The van der Waals surface area contributed by atoms with E-state index in [1.807, 2.05) is 0 Å². The summed E-state index contributed by atoms with van der Waals surface area (Å²) in [4.78, 5) is 6.73. The molecule has 0 unspecified atom stereocenters. The summed E-state index contributed by atoms with van der Waals surface area (Å²) in [5.41, 5.74) is 5.94. The molecular weight excluding hydrogens is 280 g/mol. The summed E-state index contributed by atoms with van der Waals surface area (Å²) < 4.78 is 10.6. The quantitative estimate of drug-likeness (QED) is 0.908. The fourth-order valence-corrected chi connectivity index (χ4v) is 3.29. The van der Waals surface area contributed by atoms with E-state index in [-0.39, 0.29) is 12.4 Å². The van der Waals surface area contributed by atoms with Gasteiger partial charge in [0.05, 0.1) is 13.1 Å². The molecule has 0 aliphatic carbocycles. The molecule has 6 nitrogen and oxygen atoms in total. The van der Waals surface area contributed by atoms with E-state index in [1.165, 1.54) is 25.7 Å². The van der Waals surface area contributed by atoms with Crippen molar-refractivity contribution in [1.82, 2.24) is 15.0 Å². The van der Waals surface area contributed by atoms with E-state index >= 15 is 0 Å². The maximum atomic E-state index is 5.50. The summed E-state index contributed by atoms with van der Waals surface area (Å²) in [7, 11) is 0. The Kier molecular flexibility index (Phi) is 5.37. The second-order valence-corrected chi connectivity index (χ2v) is 5.74. The highest BCUT2D eigenvalue weighted by Gasteiger charge is 2.37. The molecule has 3 rings (SSSR count). The Bertz CT molecular complexity index is 415. The van der Waals surface area contributed by atoms with Gasteiger partial charge in [-0.1, -0.05) is 5.16 Å². The van der Waals surface area contributed by atoms with Crippen LogP contribution in [0.4, 0.5) is 0 Å². The molecule has 0 bridgehead atoms. The van der Waals surface area contributed by atoms with Crippen molar-refractivity contribution < 1.29 is 9.26 Å². The fraction of sp³-hybridized carbons (Fsp3) is 0.846. The van der Waals surface area contributed by atoms with Crippen molar-refractivity contribution in [2.45, 2.75) is 38.8 Å². The van der Waals surface area contributed by atoms with Crippen LogP contribution in [0.15, 0.2) is 4.52 Å². The molecule has 7 heteroatoms. The Labute approximate surface area is 125 Å². The van der Waals surface area contributed by atoms with Crippen LogP contribution in [-0.2, 0) is 17.8 Å². The average Bonchev–Trinajstić information content (AvgIpc) is 2.87. The maximum absolute atomic E-state index is 5.50. The normalized spacial score (nSPS) is 22.6. The summed E-state index contributed by atoms with van der Waals surface area (Å²) in [6.07, 6.45) is 4.95. The zero-order chi connectivity index (χ0) is 13.1. The predicted octanol–water partition coefficient (Wildman–Crippen LogP) is 1.34. The van der Waals surface area contributed by atoms with Crippen LogP contribution in [0.3, 0.4) is 0 Å². The third-order valence-corrected chi connectivity index (χ3v) is 4.34. The summed E-state index contributed by atoms with van der Waals surface area (Å²) in [5, 5.41) is 3.98. The van der Waals surface area contributed by atoms with E-state index in [0.29, 0.717) is 17.9 Å². The molecule has 1 aromatic rings. The van der Waals surface area contributed by atoms with Crippen molar-refractivity contribution in [3.8, 4) is 0 Å². The van der Waals surface area contributed by atoms with Gasteiger partial charge in [0.25, 0.3) is 0 Å². The van der Waals surface area contributed by atoms with Crippen LogP contribution in [0.25, 0.3) is 0 Å². The van der Waals surface area contributed by atoms with Crippen molar-refractivity contribution in [2.24, 2.45) is 11.1 Å². The molecule has 0 atom stereocenters. The first kappa shape index (κ1) is 15.7. The lowest BCUT2D eigenvalue weighted by Gasteiger charge is -2.44. The zero-order valence-electron chi connectivity index (χ0n) is 11.7. The van der Waals surface area contributed by atoms with Gasteiger partial charge in [0, 0.05) is 19.8 Å². The highest BCUT2D eigenvalue weighted by Crippen LogP contribution is 2.39. The molecule has 0 radical (unpaired) electrons. The van der Waals surface area contributed by atoms with Crippen molar-refractivity contribution in [3.63, 3.8) is 0 Å². The van der Waals surface area contributed by atoms with Gasteiger partial charge in [0.1, 0.15) is 0 Å². The van der Waals surface area contributed by atoms with Crippen molar-refractivity contribution in [2.75, 3.05) is 26.3 Å². The van der Waals surface area contributed by atoms with Crippen LogP contribution >= 0.6 is 12.4 Å². The van der Waals surface area contributed by atoms with Crippen LogP contribution in [0.5, 0.6) is 0 Å². The fourth-order valence-electron chi connectivity index (χ4n) is 3.29. The van der Waals surface area contributed by atoms with E-state index in [2.05, 4.69) is 15.0 Å². The molecule has 0 amide bonds. The Hall–Kier alpha value is -0.690. The molecule has 2 fully saturated rings.